The monoisotopic (exact) mass is 221 g/mol. The van der Waals surface area contributed by atoms with Crippen LogP contribution in [-0.2, 0) is 13.1 Å². The molecule has 0 bridgehead atoms. The highest BCUT2D eigenvalue weighted by atomic mass is 32.1. The molecule has 0 unspecified atom stereocenters. The fourth-order valence-electron chi connectivity index (χ4n) is 1.46. The molecule has 2 rings (SSSR count). The first-order valence-electron chi connectivity index (χ1n) is 5.04. The van der Waals surface area contributed by atoms with Crippen LogP contribution in [0.2, 0.25) is 0 Å². The fourth-order valence-corrected chi connectivity index (χ4v) is 2.48. The Morgan fingerprint density at radius 3 is 2.80 bits per heavy atom. The average molecular weight is 221 g/mol. The van der Waals surface area contributed by atoms with Gasteiger partial charge in [0.2, 0.25) is 0 Å². The molecule has 2 aromatic rings. The van der Waals surface area contributed by atoms with Crippen molar-refractivity contribution in [3.63, 3.8) is 0 Å². The fraction of sp³-hybridized carbons (Fsp3) is 0.333. The van der Waals surface area contributed by atoms with Crippen molar-refractivity contribution in [2.24, 2.45) is 0 Å². The van der Waals surface area contributed by atoms with E-state index in [0.29, 0.717) is 0 Å². The lowest BCUT2D eigenvalue weighted by Gasteiger charge is -1.99. The summed E-state index contributed by atoms with van der Waals surface area (Å²) in [6, 6.07) is 6.14. The van der Waals surface area contributed by atoms with E-state index in [1.54, 1.807) is 6.26 Å². The molecule has 0 saturated carbocycles. The molecule has 3 heteroatoms. The minimum Gasteiger partial charge on any atom is -0.468 e. The molecule has 0 radical (unpaired) electrons. The number of thiophene rings is 1. The maximum absolute atomic E-state index is 5.24. The molecule has 15 heavy (non-hydrogen) atoms. The zero-order valence-electron chi connectivity index (χ0n) is 9.04. The van der Waals surface area contributed by atoms with Gasteiger partial charge in [-0.2, -0.15) is 0 Å². The van der Waals surface area contributed by atoms with Crippen LogP contribution in [0.1, 0.15) is 21.1 Å². The maximum atomic E-state index is 5.24. The summed E-state index contributed by atoms with van der Waals surface area (Å²) in [6.45, 7) is 6.03. The van der Waals surface area contributed by atoms with E-state index in [0.717, 1.165) is 18.8 Å². The normalized spacial score (nSPS) is 10.8. The molecule has 0 aliphatic carbocycles. The lowest BCUT2D eigenvalue weighted by Crippen LogP contribution is -2.10. The van der Waals surface area contributed by atoms with Crippen LogP contribution < -0.4 is 5.32 Å². The van der Waals surface area contributed by atoms with Crippen molar-refractivity contribution in [3.05, 3.63) is 45.5 Å². The molecule has 0 aliphatic rings. The van der Waals surface area contributed by atoms with E-state index >= 15 is 0 Å². The molecule has 0 aliphatic heterocycles. The summed E-state index contributed by atoms with van der Waals surface area (Å²) < 4.78 is 5.24. The first-order chi connectivity index (χ1) is 7.25. The Balaban J connectivity index is 1.83. The molecule has 0 spiro atoms. The standard InChI is InChI=1S/C12H15NOS/c1-9-6-12(15-10(9)2)8-13-7-11-4-3-5-14-11/h3-6,13H,7-8H2,1-2H3. The molecule has 80 valence electrons. The van der Waals surface area contributed by atoms with Crippen molar-refractivity contribution < 1.29 is 4.42 Å². The molecular weight excluding hydrogens is 206 g/mol. The van der Waals surface area contributed by atoms with Crippen LogP contribution in [0, 0.1) is 13.8 Å². The van der Waals surface area contributed by atoms with Crippen LogP contribution in [0.3, 0.4) is 0 Å². The second-order valence-corrected chi connectivity index (χ2v) is 4.98. The van der Waals surface area contributed by atoms with E-state index < -0.39 is 0 Å². The molecule has 0 aromatic carbocycles. The Morgan fingerprint density at radius 1 is 1.33 bits per heavy atom. The van der Waals surface area contributed by atoms with E-state index in [1.807, 2.05) is 23.5 Å². The van der Waals surface area contributed by atoms with Crippen LogP contribution in [0.15, 0.2) is 28.9 Å². The highest BCUT2D eigenvalue weighted by Gasteiger charge is 2.01. The molecule has 1 N–H and O–H groups in total. The van der Waals surface area contributed by atoms with Crippen molar-refractivity contribution in [1.29, 1.82) is 0 Å². The Morgan fingerprint density at radius 2 is 2.20 bits per heavy atom. The second kappa shape index (κ2) is 4.64. The van der Waals surface area contributed by atoms with Gasteiger partial charge in [-0.25, -0.2) is 0 Å². The van der Waals surface area contributed by atoms with Gasteiger partial charge in [-0.15, -0.1) is 11.3 Å². The zero-order valence-corrected chi connectivity index (χ0v) is 9.86. The summed E-state index contributed by atoms with van der Waals surface area (Å²) in [4.78, 5) is 2.79. The average Bonchev–Trinajstić information content (AvgIpc) is 2.79. The molecular formula is C12H15NOS. The summed E-state index contributed by atoms with van der Waals surface area (Å²) in [5, 5.41) is 3.36. The van der Waals surface area contributed by atoms with Crippen LogP contribution in [0.5, 0.6) is 0 Å². The highest BCUT2D eigenvalue weighted by Crippen LogP contribution is 2.20. The summed E-state index contributed by atoms with van der Waals surface area (Å²) in [5.74, 6) is 0.986. The van der Waals surface area contributed by atoms with Crippen molar-refractivity contribution in [2.45, 2.75) is 26.9 Å². The molecule has 2 heterocycles. The molecule has 0 fully saturated rings. The van der Waals surface area contributed by atoms with Gasteiger partial charge < -0.3 is 9.73 Å². The Kier molecular flexibility index (Phi) is 3.23. The minimum atomic E-state index is 0.795. The van der Waals surface area contributed by atoms with E-state index in [-0.39, 0.29) is 0 Å². The molecule has 2 nitrogen and oxygen atoms in total. The lowest BCUT2D eigenvalue weighted by molar-refractivity contribution is 0.483. The van der Waals surface area contributed by atoms with E-state index in [1.165, 1.54) is 15.3 Å². The van der Waals surface area contributed by atoms with Gasteiger partial charge in [-0.3, -0.25) is 0 Å². The first-order valence-corrected chi connectivity index (χ1v) is 5.86. The van der Waals surface area contributed by atoms with E-state index in [9.17, 15) is 0 Å². The zero-order chi connectivity index (χ0) is 10.7. The number of aryl methyl sites for hydroxylation is 2. The molecule has 0 amide bonds. The number of furan rings is 1. The summed E-state index contributed by atoms with van der Waals surface area (Å²) in [5.41, 5.74) is 1.38. The van der Waals surface area contributed by atoms with E-state index in [4.69, 9.17) is 4.42 Å². The minimum absolute atomic E-state index is 0.795. The Bertz CT molecular complexity index is 397. The van der Waals surface area contributed by atoms with E-state index in [2.05, 4.69) is 25.2 Å². The largest absolute Gasteiger partial charge is 0.468 e. The van der Waals surface area contributed by atoms with Crippen molar-refractivity contribution >= 4 is 11.3 Å². The van der Waals surface area contributed by atoms with Gasteiger partial charge in [0.15, 0.2) is 0 Å². The Hall–Kier alpha value is -1.06. The van der Waals surface area contributed by atoms with Gasteiger partial charge >= 0.3 is 0 Å². The topological polar surface area (TPSA) is 25.2 Å². The van der Waals surface area contributed by atoms with Gasteiger partial charge in [0.1, 0.15) is 5.76 Å². The maximum Gasteiger partial charge on any atom is 0.117 e. The van der Waals surface area contributed by atoms with Crippen LogP contribution >= 0.6 is 11.3 Å². The number of hydrogen-bond donors (Lipinski definition) is 1. The van der Waals surface area contributed by atoms with Crippen molar-refractivity contribution in [3.8, 4) is 0 Å². The summed E-state index contributed by atoms with van der Waals surface area (Å²) in [7, 11) is 0. The van der Waals surface area contributed by atoms with Crippen molar-refractivity contribution in [2.75, 3.05) is 0 Å². The van der Waals surface area contributed by atoms with Gasteiger partial charge in [-0.1, -0.05) is 0 Å². The second-order valence-electron chi connectivity index (χ2n) is 3.63. The van der Waals surface area contributed by atoms with Gasteiger partial charge in [0.25, 0.3) is 0 Å². The van der Waals surface area contributed by atoms with Crippen LogP contribution in [0.4, 0.5) is 0 Å². The summed E-state index contributed by atoms with van der Waals surface area (Å²) >= 11 is 1.86. The molecule has 2 aromatic heterocycles. The quantitative estimate of drug-likeness (QED) is 0.857. The predicted molar refractivity (Wildman–Crippen MR) is 63.0 cm³/mol. The lowest BCUT2D eigenvalue weighted by atomic mass is 10.3. The number of hydrogen-bond acceptors (Lipinski definition) is 3. The van der Waals surface area contributed by atoms with Gasteiger partial charge in [-0.05, 0) is 37.6 Å². The molecule has 0 saturated heterocycles. The van der Waals surface area contributed by atoms with Gasteiger partial charge in [0.05, 0.1) is 12.8 Å². The highest BCUT2D eigenvalue weighted by molar-refractivity contribution is 7.12. The SMILES string of the molecule is Cc1cc(CNCc2ccco2)sc1C. The van der Waals surface area contributed by atoms with Crippen molar-refractivity contribution in [1.82, 2.24) is 5.32 Å². The smallest absolute Gasteiger partial charge is 0.117 e. The summed E-state index contributed by atoms with van der Waals surface area (Å²) in [6.07, 6.45) is 1.70. The van der Waals surface area contributed by atoms with Crippen LogP contribution in [0.25, 0.3) is 0 Å². The predicted octanol–water partition coefficient (Wildman–Crippen LogP) is 3.25. The van der Waals surface area contributed by atoms with Crippen LogP contribution in [-0.4, -0.2) is 0 Å². The third-order valence-electron chi connectivity index (χ3n) is 2.40. The Labute approximate surface area is 93.9 Å². The first kappa shape index (κ1) is 10.5. The number of nitrogens with one attached hydrogen (secondary N) is 1. The van der Waals surface area contributed by atoms with Gasteiger partial charge in [0, 0.05) is 16.3 Å². The third kappa shape index (κ3) is 2.70. The number of rotatable bonds is 4. The third-order valence-corrected chi connectivity index (χ3v) is 3.55. The molecule has 0 atom stereocenters.